The number of carbonyl (C=O) groups is 2. The average Bonchev–Trinajstić information content (AvgIpc) is 2.15. The number of rotatable bonds is 3. The van der Waals surface area contributed by atoms with Crippen LogP contribution in [0.4, 0.5) is 0 Å². The van der Waals surface area contributed by atoms with Crippen LogP contribution in [-0.4, -0.2) is 11.8 Å². The maximum atomic E-state index is 10.9. The van der Waals surface area contributed by atoms with E-state index in [4.69, 9.17) is 34.7 Å². The van der Waals surface area contributed by atoms with Gasteiger partial charge in [0.05, 0.1) is 0 Å². The van der Waals surface area contributed by atoms with E-state index in [9.17, 15) is 9.59 Å². The first-order valence-corrected chi connectivity index (χ1v) is 4.93. The molecule has 0 unspecified atom stereocenters. The molecule has 0 heterocycles. The number of hydrogen-bond donors (Lipinski definition) is 2. The first-order valence-electron chi connectivity index (χ1n) is 4.18. The molecule has 0 bridgehead atoms. The second kappa shape index (κ2) is 5.01. The number of amides is 2. The van der Waals surface area contributed by atoms with Crippen molar-refractivity contribution in [2.75, 3.05) is 0 Å². The second-order valence-electron chi connectivity index (χ2n) is 2.95. The molecule has 0 atom stereocenters. The van der Waals surface area contributed by atoms with Crippen molar-refractivity contribution in [3.63, 3.8) is 0 Å². The SMILES string of the molecule is NC(=O)C(=Cc1ccc(Cl)cc1Cl)C(N)=O. The summed E-state index contributed by atoms with van der Waals surface area (Å²) in [7, 11) is 0. The fourth-order valence-corrected chi connectivity index (χ4v) is 1.50. The van der Waals surface area contributed by atoms with E-state index >= 15 is 0 Å². The van der Waals surface area contributed by atoms with E-state index in [2.05, 4.69) is 0 Å². The zero-order valence-corrected chi connectivity index (χ0v) is 9.55. The van der Waals surface area contributed by atoms with Gasteiger partial charge in [0, 0.05) is 10.0 Å². The molecular weight excluding hydrogens is 251 g/mol. The minimum Gasteiger partial charge on any atom is -0.365 e. The van der Waals surface area contributed by atoms with Gasteiger partial charge in [-0.3, -0.25) is 9.59 Å². The lowest BCUT2D eigenvalue weighted by Gasteiger charge is -2.01. The standard InChI is InChI=1S/C10H8Cl2N2O2/c11-6-2-1-5(8(12)4-6)3-7(9(13)15)10(14)16/h1-4H,(H2,13,15)(H2,14,16). The number of benzene rings is 1. The molecule has 2 amide bonds. The summed E-state index contributed by atoms with van der Waals surface area (Å²) in [5.41, 5.74) is 10.1. The Morgan fingerprint density at radius 3 is 2.12 bits per heavy atom. The highest BCUT2D eigenvalue weighted by molar-refractivity contribution is 6.35. The fourth-order valence-electron chi connectivity index (χ4n) is 1.04. The summed E-state index contributed by atoms with van der Waals surface area (Å²) in [6, 6.07) is 4.60. The second-order valence-corrected chi connectivity index (χ2v) is 3.80. The Morgan fingerprint density at radius 1 is 1.12 bits per heavy atom. The van der Waals surface area contributed by atoms with Crippen LogP contribution >= 0.6 is 23.2 Å². The lowest BCUT2D eigenvalue weighted by Crippen LogP contribution is -2.25. The number of nitrogens with two attached hydrogens (primary N) is 2. The molecule has 0 fully saturated rings. The summed E-state index contributed by atoms with van der Waals surface area (Å²) < 4.78 is 0. The van der Waals surface area contributed by atoms with Crippen molar-refractivity contribution in [3.8, 4) is 0 Å². The third-order valence-electron chi connectivity index (χ3n) is 1.79. The lowest BCUT2D eigenvalue weighted by molar-refractivity contribution is -0.120. The molecule has 1 aromatic carbocycles. The monoisotopic (exact) mass is 258 g/mol. The predicted molar refractivity (Wildman–Crippen MR) is 62.8 cm³/mol. The summed E-state index contributed by atoms with van der Waals surface area (Å²) in [5.74, 6) is -1.81. The minimum absolute atomic E-state index is 0.299. The van der Waals surface area contributed by atoms with Crippen LogP contribution < -0.4 is 11.5 Å². The first-order chi connectivity index (χ1) is 7.41. The van der Waals surface area contributed by atoms with Gasteiger partial charge in [0.1, 0.15) is 5.57 Å². The van der Waals surface area contributed by atoms with Crippen molar-refractivity contribution in [3.05, 3.63) is 39.4 Å². The summed E-state index contributed by atoms with van der Waals surface area (Å²) >= 11 is 11.5. The van der Waals surface area contributed by atoms with E-state index in [0.717, 1.165) is 0 Å². The molecule has 0 saturated carbocycles. The molecule has 4 N–H and O–H groups in total. The van der Waals surface area contributed by atoms with E-state index in [1.807, 2.05) is 0 Å². The molecule has 0 aliphatic rings. The molecule has 16 heavy (non-hydrogen) atoms. The molecule has 0 aliphatic heterocycles. The first kappa shape index (κ1) is 12.5. The highest BCUT2D eigenvalue weighted by Gasteiger charge is 2.12. The third-order valence-corrected chi connectivity index (χ3v) is 2.36. The summed E-state index contributed by atoms with van der Waals surface area (Å²) in [6.45, 7) is 0. The molecule has 0 aromatic heterocycles. The minimum atomic E-state index is -0.904. The van der Waals surface area contributed by atoms with E-state index in [1.54, 1.807) is 12.1 Å². The topological polar surface area (TPSA) is 86.2 Å². The summed E-state index contributed by atoms with van der Waals surface area (Å²) in [5, 5.41) is 0.745. The Bertz CT molecular complexity index is 468. The Kier molecular flexibility index (Phi) is 3.93. The number of halogens is 2. The largest absolute Gasteiger partial charge is 0.365 e. The van der Waals surface area contributed by atoms with Gasteiger partial charge < -0.3 is 11.5 Å². The van der Waals surface area contributed by atoms with Gasteiger partial charge in [0.25, 0.3) is 11.8 Å². The Labute approximate surface area is 102 Å². The lowest BCUT2D eigenvalue weighted by atomic mass is 10.1. The van der Waals surface area contributed by atoms with Crippen LogP contribution in [0.3, 0.4) is 0 Å². The van der Waals surface area contributed by atoms with Crippen LogP contribution in [0.1, 0.15) is 5.56 Å². The molecule has 0 radical (unpaired) electrons. The fraction of sp³-hybridized carbons (Fsp3) is 0. The van der Waals surface area contributed by atoms with Gasteiger partial charge in [0.2, 0.25) is 0 Å². The van der Waals surface area contributed by atoms with Gasteiger partial charge in [-0.1, -0.05) is 29.3 Å². The molecule has 1 aromatic rings. The number of hydrogen-bond acceptors (Lipinski definition) is 2. The smallest absolute Gasteiger partial charge is 0.254 e. The van der Waals surface area contributed by atoms with Crippen molar-refractivity contribution in [2.24, 2.45) is 11.5 Å². The summed E-state index contributed by atoms with van der Waals surface area (Å²) in [6.07, 6.45) is 1.23. The van der Waals surface area contributed by atoms with Crippen molar-refractivity contribution in [2.45, 2.75) is 0 Å². The third kappa shape index (κ3) is 2.98. The van der Waals surface area contributed by atoms with E-state index in [1.165, 1.54) is 12.1 Å². The molecule has 0 spiro atoms. The maximum Gasteiger partial charge on any atom is 0.254 e. The van der Waals surface area contributed by atoms with Gasteiger partial charge in [-0.25, -0.2) is 0 Å². The van der Waals surface area contributed by atoms with Crippen LogP contribution in [0.5, 0.6) is 0 Å². The van der Waals surface area contributed by atoms with Gasteiger partial charge in [-0.15, -0.1) is 0 Å². The quantitative estimate of drug-likeness (QED) is 0.487. The molecule has 0 saturated heterocycles. The predicted octanol–water partition coefficient (Wildman–Crippen LogP) is 1.35. The number of carbonyl (C=O) groups excluding carboxylic acids is 2. The van der Waals surface area contributed by atoms with Crippen molar-refractivity contribution >= 4 is 41.1 Å². The molecule has 6 heteroatoms. The Morgan fingerprint density at radius 2 is 1.69 bits per heavy atom. The van der Waals surface area contributed by atoms with Crippen molar-refractivity contribution in [1.29, 1.82) is 0 Å². The van der Waals surface area contributed by atoms with Crippen LogP contribution in [0.25, 0.3) is 6.08 Å². The Balaban J connectivity index is 3.23. The highest BCUT2D eigenvalue weighted by Crippen LogP contribution is 2.22. The van der Waals surface area contributed by atoms with E-state index < -0.39 is 11.8 Å². The molecular formula is C10H8Cl2N2O2. The van der Waals surface area contributed by atoms with Crippen LogP contribution in [0.2, 0.25) is 10.0 Å². The van der Waals surface area contributed by atoms with Crippen molar-refractivity contribution < 1.29 is 9.59 Å². The Hall–Kier alpha value is -1.52. The summed E-state index contributed by atoms with van der Waals surface area (Å²) in [4.78, 5) is 21.8. The van der Waals surface area contributed by atoms with E-state index in [0.29, 0.717) is 15.6 Å². The molecule has 0 aliphatic carbocycles. The normalized spacial score (nSPS) is 9.62. The van der Waals surface area contributed by atoms with E-state index in [-0.39, 0.29) is 5.57 Å². The molecule has 4 nitrogen and oxygen atoms in total. The van der Waals surface area contributed by atoms with Gasteiger partial charge >= 0.3 is 0 Å². The van der Waals surface area contributed by atoms with Crippen LogP contribution in [0, 0.1) is 0 Å². The van der Waals surface area contributed by atoms with Crippen molar-refractivity contribution in [1.82, 2.24) is 0 Å². The van der Waals surface area contributed by atoms with Crippen LogP contribution in [-0.2, 0) is 9.59 Å². The van der Waals surface area contributed by atoms with Crippen LogP contribution in [0.15, 0.2) is 23.8 Å². The maximum absolute atomic E-state index is 10.9. The molecule has 1 rings (SSSR count). The zero-order valence-electron chi connectivity index (χ0n) is 8.04. The zero-order chi connectivity index (χ0) is 12.3. The highest BCUT2D eigenvalue weighted by atomic mass is 35.5. The average molecular weight is 259 g/mol. The molecule has 84 valence electrons. The number of primary amides is 2. The van der Waals surface area contributed by atoms with Gasteiger partial charge in [-0.05, 0) is 23.8 Å². The van der Waals surface area contributed by atoms with Gasteiger partial charge in [0.15, 0.2) is 0 Å². The van der Waals surface area contributed by atoms with Gasteiger partial charge in [-0.2, -0.15) is 0 Å².